The van der Waals surface area contributed by atoms with Gasteiger partial charge < -0.3 is 21.1 Å². The fourth-order valence-electron chi connectivity index (χ4n) is 2.96. The van der Waals surface area contributed by atoms with Crippen LogP contribution in [0.25, 0.3) is 0 Å². The largest absolute Gasteiger partial charge is 0.394 e. The summed E-state index contributed by atoms with van der Waals surface area (Å²) in [5.74, 6) is 1.92. The van der Waals surface area contributed by atoms with Crippen molar-refractivity contribution < 1.29 is 9.50 Å². The van der Waals surface area contributed by atoms with Gasteiger partial charge in [0.15, 0.2) is 11.6 Å². The number of halogens is 2. The van der Waals surface area contributed by atoms with Crippen LogP contribution in [0.4, 0.5) is 27.8 Å². The molecule has 3 aromatic rings. The second kappa shape index (κ2) is 8.22. The van der Waals surface area contributed by atoms with E-state index in [4.69, 9.17) is 11.6 Å². The van der Waals surface area contributed by atoms with Crippen LogP contribution in [-0.2, 0) is 0 Å². The van der Waals surface area contributed by atoms with Gasteiger partial charge in [-0.05, 0) is 30.5 Å². The first-order valence-electron chi connectivity index (χ1n) is 9.28. The van der Waals surface area contributed by atoms with Crippen LogP contribution in [0.1, 0.15) is 36.1 Å². The Morgan fingerprint density at radius 2 is 1.97 bits per heavy atom. The highest BCUT2D eigenvalue weighted by Crippen LogP contribution is 2.40. The highest BCUT2D eigenvalue weighted by molar-refractivity contribution is 6.35. The zero-order chi connectivity index (χ0) is 20.4. The van der Waals surface area contributed by atoms with Crippen LogP contribution in [0.2, 0.25) is 5.02 Å². The number of H-pyrrole nitrogens is 1. The van der Waals surface area contributed by atoms with Crippen molar-refractivity contribution in [2.24, 2.45) is 0 Å². The molecule has 0 spiro atoms. The molecular weight excluding hydrogens is 397 g/mol. The summed E-state index contributed by atoms with van der Waals surface area (Å²) in [5, 5.41) is 26.5. The summed E-state index contributed by atoms with van der Waals surface area (Å²) in [6.07, 6.45) is 2.31. The average Bonchev–Trinajstić information content (AvgIpc) is 3.48. The Balaban J connectivity index is 1.59. The monoisotopic (exact) mass is 417 g/mol. The Bertz CT molecular complexity index is 991. The third-order valence-corrected chi connectivity index (χ3v) is 5.05. The van der Waals surface area contributed by atoms with Gasteiger partial charge >= 0.3 is 0 Å². The maximum atomic E-state index is 13.2. The molecule has 1 aliphatic carbocycles. The molecule has 2 aromatic heterocycles. The molecule has 10 heteroatoms. The molecule has 152 valence electrons. The number of hydrogen-bond donors (Lipinski definition) is 5. The minimum absolute atomic E-state index is 0.222. The number of hydrogen-bond acceptors (Lipinski definition) is 7. The third-order valence-electron chi connectivity index (χ3n) is 4.69. The van der Waals surface area contributed by atoms with Gasteiger partial charge in [-0.1, -0.05) is 23.7 Å². The van der Waals surface area contributed by atoms with E-state index in [0.29, 0.717) is 34.0 Å². The number of benzene rings is 1. The Kier molecular flexibility index (Phi) is 5.50. The van der Waals surface area contributed by atoms with Crippen LogP contribution < -0.4 is 16.0 Å². The van der Waals surface area contributed by atoms with E-state index in [0.717, 1.165) is 18.5 Å². The molecule has 5 N–H and O–H groups in total. The predicted molar refractivity (Wildman–Crippen MR) is 110 cm³/mol. The fraction of sp³-hybridized carbons (Fsp3) is 0.316. The lowest BCUT2D eigenvalue weighted by atomic mass is 10.1. The molecule has 0 unspecified atom stereocenters. The minimum Gasteiger partial charge on any atom is -0.394 e. The Morgan fingerprint density at radius 1 is 1.24 bits per heavy atom. The fourth-order valence-corrected chi connectivity index (χ4v) is 3.19. The van der Waals surface area contributed by atoms with Crippen molar-refractivity contribution in [1.29, 1.82) is 0 Å². The smallest absolute Gasteiger partial charge is 0.227 e. The lowest BCUT2D eigenvalue weighted by Crippen LogP contribution is -2.17. The molecule has 8 nitrogen and oxygen atoms in total. The van der Waals surface area contributed by atoms with Gasteiger partial charge in [-0.3, -0.25) is 5.10 Å². The van der Waals surface area contributed by atoms with Crippen LogP contribution in [0.15, 0.2) is 30.3 Å². The maximum Gasteiger partial charge on any atom is 0.227 e. The van der Waals surface area contributed by atoms with Crippen LogP contribution in [-0.4, -0.2) is 38.9 Å². The van der Waals surface area contributed by atoms with E-state index in [2.05, 4.69) is 36.1 Å². The van der Waals surface area contributed by atoms with E-state index in [1.165, 1.54) is 12.1 Å². The summed E-state index contributed by atoms with van der Waals surface area (Å²) in [7, 11) is 1.70. The summed E-state index contributed by atoms with van der Waals surface area (Å²) in [6.45, 7) is -0.222. The highest BCUT2D eigenvalue weighted by Gasteiger charge is 2.26. The molecule has 1 saturated carbocycles. The number of anilines is 4. The van der Waals surface area contributed by atoms with Crippen LogP contribution in [0, 0.1) is 5.82 Å². The molecule has 0 radical (unpaired) electrons. The van der Waals surface area contributed by atoms with Gasteiger partial charge in [0.1, 0.15) is 16.7 Å². The molecule has 1 fully saturated rings. The molecule has 0 amide bonds. The number of aliphatic hydroxyl groups excluding tert-OH is 1. The van der Waals surface area contributed by atoms with Crippen LogP contribution in [0.5, 0.6) is 0 Å². The van der Waals surface area contributed by atoms with E-state index < -0.39 is 6.04 Å². The van der Waals surface area contributed by atoms with Gasteiger partial charge in [0.25, 0.3) is 0 Å². The van der Waals surface area contributed by atoms with E-state index in [-0.39, 0.29) is 18.4 Å². The Morgan fingerprint density at radius 3 is 2.62 bits per heavy atom. The first-order valence-corrected chi connectivity index (χ1v) is 9.65. The number of rotatable bonds is 8. The number of aliphatic hydroxyl groups is 1. The summed E-state index contributed by atoms with van der Waals surface area (Å²) in [6, 6.07) is 7.30. The minimum atomic E-state index is -0.511. The maximum absolute atomic E-state index is 13.2. The molecule has 4 rings (SSSR count). The first kappa shape index (κ1) is 19.4. The molecule has 0 saturated heterocycles. The lowest BCUT2D eigenvalue weighted by molar-refractivity contribution is 0.276. The zero-order valence-corrected chi connectivity index (χ0v) is 16.5. The molecule has 2 heterocycles. The molecule has 1 aliphatic rings. The normalized spacial score (nSPS) is 14.5. The highest BCUT2D eigenvalue weighted by atomic mass is 35.5. The van der Waals surface area contributed by atoms with E-state index in [1.54, 1.807) is 19.2 Å². The van der Waals surface area contributed by atoms with Crippen molar-refractivity contribution in [3.63, 3.8) is 0 Å². The van der Waals surface area contributed by atoms with Gasteiger partial charge in [-0.15, -0.1) is 0 Å². The second-order valence-electron chi connectivity index (χ2n) is 6.85. The standard InChI is InChI=1S/C19H21ClFN7O/c1-22-17-16(20)18(24-15-8-13(27-28-15)10-2-3-10)26-19(25-17)23-14(9-29)11-4-6-12(21)7-5-11/h4-8,10,14,29H,2-3,9H2,1H3,(H4,22,23,24,25,26,27,28)/t14-/m0/s1. The lowest BCUT2D eigenvalue weighted by Gasteiger charge is -2.18. The summed E-state index contributed by atoms with van der Waals surface area (Å²) in [5.41, 5.74) is 1.72. The number of aromatic nitrogens is 4. The van der Waals surface area contributed by atoms with Crippen molar-refractivity contribution in [3.05, 3.63) is 52.4 Å². The van der Waals surface area contributed by atoms with Gasteiger partial charge in [-0.25, -0.2) is 4.39 Å². The molecular formula is C19H21ClFN7O. The van der Waals surface area contributed by atoms with Crippen LogP contribution in [0.3, 0.4) is 0 Å². The number of nitrogens with one attached hydrogen (secondary N) is 4. The van der Waals surface area contributed by atoms with E-state index >= 15 is 0 Å². The second-order valence-corrected chi connectivity index (χ2v) is 7.22. The topological polar surface area (TPSA) is 111 Å². The SMILES string of the molecule is CNc1nc(N[C@@H](CO)c2ccc(F)cc2)nc(Nc2cc(C3CC3)n[nH]2)c1Cl. The molecule has 29 heavy (non-hydrogen) atoms. The summed E-state index contributed by atoms with van der Waals surface area (Å²) < 4.78 is 13.2. The van der Waals surface area contributed by atoms with Crippen molar-refractivity contribution in [3.8, 4) is 0 Å². The van der Waals surface area contributed by atoms with Gasteiger partial charge in [0, 0.05) is 19.0 Å². The molecule has 0 aliphatic heterocycles. The third kappa shape index (κ3) is 4.41. The zero-order valence-electron chi connectivity index (χ0n) is 15.7. The van der Waals surface area contributed by atoms with Gasteiger partial charge in [0.2, 0.25) is 5.95 Å². The number of nitrogens with zero attached hydrogens (tertiary/aromatic N) is 3. The van der Waals surface area contributed by atoms with Crippen molar-refractivity contribution in [2.45, 2.75) is 24.8 Å². The average molecular weight is 418 g/mol. The van der Waals surface area contributed by atoms with E-state index in [9.17, 15) is 9.50 Å². The Labute approximate surface area is 171 Å². The van der Waals surface area contributed by atoms with Crippen molar-refractivity contribution in [2.75, 3.05) is 29.6 Å². The molecule has 1 aromatic carbocycles. The Hall–Kier alpha value is -2.91. The summed E-state index contributed by atoms with van der Waals surface area (Å²) in [4.78, 5) is 8.79. The van der Waals surface area contributed by atoms with E-state index in [1.807, 2.05) is 6.07 Å². The van der Waals surface area contributed by atoms with Crippen molar-refractivity contribution >= 4 is 35.0 Å². The van der Waals surface area contributed by atoms with Crippen LogP contribution >= 0.6 is 11.6 Å². The molecule has 1 atom stereocenters. The first-order chi connectivity index (χ1) is 14.1. The predicted octanol–water partition coefficient (Wildman–Crippen LogP) is 3.80. The van der Waals surface area contributed by atoms with Gasteiger partial charge in [0.05, 0.1) is 18.3 Å². The number of aromatic amines is 1. The van der Waals surface area contributed by atoms with Gasteiger partial charge in [-0.2, -0.15) is 15.1 Å². The summed E-state index contributed by atoms with van der Waals surface area (Å²) >= 11 is 6.41. The van der Waals surface area contributed by atoms with Crippen molar-refractivity contribution in [1.82, 2.24) is 20.2 Å². The quantitative estimate of drug-likeness (QED) is 0.379. The molecule has 0 bridgehead atoms.